The Morgan fingerprint density at radius 2 is 1.90 bits per heavy atom. The van der Waals surface area contributed by atoms with E-state index in [4.69, 9.17) is 9.53 Å². The molecule has 1 saturated heterocycles. The molecule has 0 saturated carbocycles. The van der Waals surface area contributed by atoms with Crippen molar-refractivity contribution >= 4 is 34.6 Å². The van der Waals surface area contributed by atoms with Gasteiger partial charge in [0.1, 0.15) is 35.7 Å². The van der Waals surface area contributed by atoms with E-state index in [1.165, 1.54) is 13.0 Å². The lowest BCUT2D eigenvalue weighted by atomic mass is 10.1. The van der Waals surface area contributed by atoms with Crippen LogP contribution in [0.5, 0.6) is 5.75 Å². The summed E-state index contributed by atoms with van der Waals surface area (Å²) in [5.41, 5.74) is 2.99. The second kappa shape index (κ2) is 11.2. The lowest BCUT2D eigenvalue weighted by Crippen LogP contribution is -2.56. The van der Waals surface area contributed by atoms with Gasteiger partial charge in [0.15, 0.2) is 11.6 Å². The summed E-state index contributed by atoms with van der Waals surface area (Å²) in [4.78, 5) is 26.4. The number of aryl methyl sites for hydroxylation is 1. The minimum atomic E-state index is -0.633. The van der Waals surface area contributed by atoms with Crippen LogP contribution in [0.2, 0.25) is 0 Å². The maximum Gasteiger partial charge on any atom is 0.227 e. The molecule has 1 N–H and O–H groups in total. The van der Waals surface area contributed by atoms with Gasteiger partial charge in [0, 0.05) is 43.0 Å². The first-order chi connectivity index (χ1) is 19.2. The van der Waals surface area contributed by atoms with Crippen molar-refractivity contribution in [2.45, 2.75) is 39.8 Å². The van der Waals surface area contributed by atoms with Gasteiger partial charge in [-0.1, -0.05) is 0 Å². The van der Waals surface area contributed by atoms with Crippen LogP contribution >= 0.6 is 0 Å². The summed E-state index contributed by atoms with van der Waals surface area (Å²) in [6.45, 7) is 10.8. The van der Waals surface area contributed by atoms with Crippen molar-refractivity contribution < 1.29 is 18.3 Å². The number of rotatable bonds is 4. The summed E-state index contributed by atoms with van der Waals surface area (Å²) in [6, 6.07) is 9.27. The zero-order valence-corrected chi connectivity index (χ0v) is 23.3. The van der Waals surface area contributed by atoms with Crippen molar-refractivity contribution in [2.75, 3.05) is 43.5 Å². The average molecular weight is 550 g/mol. The molecule has 0 bridgehead atoms. The van der Waals surface area contributed by atoms with E-state index in [1.54, 1.807) is 6.07 Å². The van der Waals surface area contributed by atoms with E-state index in [0.717, 1.165) is 49.2 Å². The summed E-state index contributed by atoms with van der Waals surface area (Å²) in [7, 11) is 2.13. The summed E-state index contributed by atoms with van der Waals surface area (Å²) in [5, 5.41) is 3.15. The van der Waals surface area contributed by atoms with Gasteiger partial charge in [0.2, 0.25) is 5.95 Å². The van der Waals surface area contributed by atoms with Gasteiger partial charge < -0.3 is 29.2 Å². The highest BCUT2D eigenvalue weighted by Gasteiger charge is 2.31. The monoisotopic (exact) mass is 549 g/mol. The highest BCUT2D eigenvalue weighted by atomic mass is 19.1. The number of nitrogens with one attached hydrogen (secondary N) is 1. The summed E-state index contributed by atoms with van der Waals surface area (Å²) >= 11 is 0. The number of nitrogens with zero attached hydrogens (tertiary/aromatic N) is 6. The van der Waals surface area contributed by atoms with E-state index in [1.807, 2.05) is 43.5 Å². The number of likely N-dealkylation sites (N-methyl/N-ethyl adjacent to an activating group) is 1. The normalized spacial score (nSPS) is 16.6. The van der Waals surface area contributed by atoms with E-state index in [9.17, 15) is 8.78 Å². The Morgan fingerprint density at radius 3 is 2.65 bits per heavy atom. The van der Waals surface area contributed by atoms with Gasteiger partial charge in [0.05, 0.1) is 23.4 Å². The number of imidazole rings is 1. The SMILES string of the molecule is CC=O.Cc1nc2c(F)cc(-c3nc(Nc4ccc5c(c4)OCC4CN(C)CCN54)ncc3F)cc2n1C(C)C. The highest BCUT2D eigenvalue weighted by Crippen LogP contribution is 2.38. The number of hydrogen-bond acceptors (Lipinski definition) is 8. The molecule has 9 nitrogen and oxygen atoms in total. The van der Waals surface area contributed by atoms with Crippen LogP contribution in [0, 0.1) is 18.6 Å². The molecule has 210 valence electrons. The molecular formula is C29H33F2N7O2. The number of halogens is 2. The average Bonchev–Trinajstić information content (AvgIpc) is 3.26. The second-order valence-corrected chi connectivity index (χ2v) is 10.3. The number of benzene rings is 2. The molecule has 4 aromatic rings. The number of anilines is 3. The molecule has 6 rings (SSSR count). The predicted molar refractivity (Wildman–Crippen MR) is 151 cm³/mol. The van der Waals surface area contributed by atoms with Crippen LogP contribution in [0.3, 0.4) is 0 Å². The molecule has 0 amide bonds. The fourth-order valence-electron chi connectivity index (χ4n) is 5.42. The Hall–Kier alpha value is -4.12. The number of hydrogen-bond donors (Lipinski definition) is 1. The largest absolute Gasteiger partial charge is 0.489 e. The van der Waals surface area contributed by atoms with Crippen molar-refractivity contribution in [1.82, 2.24) is 24.4 Å². The summed E-state index contributed by atoms with van der Waals surface area (Å²) < 4.78 is 37.9. The second-order valence-electron chi connectivity index (χ2n) is 10.3. The Balaban J connectivity index is 0.00000103. The van der Waals surface area contributed by atoms with E-state index in [-0.39, 0.29) is 23.2 Å². The first kappa shape index (κ1) is 27.4. The number of carbonyl (C=O) groups is 1. The van der Waals surface area contributed by atoms with Crippen molar-refractivity contribution in [3.05, 3.63) is 54.0 Å². The zero-order chi connectivity index (χ0) is 28.6. The highest BCUT2D eigenvalue weighted by molar-refractivity contribution is 5.83. The number of ether oxygens (including phenoxy) is 1. The van der Waals surface area contributed by atoms with Crippen LogP contribution in [0.4, 0.5) is 26.1 Å². The maximum atomic E-state index is 15.0. The van der Waals surface area contributed by atoms with E-state index in [2.05, 4.69) is 37.1 Å². The number of aromatic nitrogens is 4. The molecule has 4 heterocycles. The summed E-state index contributed by atoms with van der Waals surface area (Å²) in [5.74, 6) is 0.545. The summed E-state index contributed by atoms with van der Waals surface area (Å²) in [6.07, 6.45) is 1.85. The third-order valence-electron chi connectivity index (χ3n) is 7.10. The smallest absolute Gasteiger partial charge is 0.227 e. The predicted octanol–water partition coefficient (Wildman–Crippen LogP) is 5.12. The van der Waals surface area contributed by atoms with Gasteiger partial charge in [-0.15, -0.1) is 0 Å². The minimum absolute atomic E-state index is 0.0157. The van der Waals surface area contributed by atoms with Crippen molar-refractivity contribution in [2.24, 2.45) is 0 Å². The number of piperazine rings is 1. The molecule has 2 aromatic heterocycles. The molecule has 1 atom stereocenters. The van der Waals surface area contributed by atoms with Crippen molar-refractivity contribution in [3.63, 3.8) is 0 Å². The molecule has 0 spiro atoms. The van der Waals surface area contributed by atoms with Gasteiger partial charge in [-0.2, -0.15) is 0 Å². The molecular weight excluding hydrogens is 516 g/mol. The molecule has 1 unspecified atom stereocenters. The van der Waals surface area contributed by atoms with Crippen LogP contribution in [0.25, 0.3) is 22.3 Å². The number of carbonyl (C=O) groups excluding carboxylic acids is 1. The van der Waals surface area contributed by atoms with Crippen molar-refractivity contribution in [1.29, 1.82) is 0 Å². The molecule has 1 fully saturated rings. The van der Waals surface area contributed by atoms with Gasteiger partial charge >= 0.3 is 0 Å². The number of fused-ring (bicyclic) bond motifs is 4. The van der Waals surface area contributed by atoms with Crippen LogP contribution in [0.1, 0.15) is 32.6 Å². The lowest BCUT2D eigenvalue weighted by molar-refractivity contribution is -0.106. The Bertz CT molecular complexity index is 1560. The maximum absolute atomic E-state index is 15.0. The van der Waals surface area contributed by atoms with E-state index < -0.39 is 11.6 Å². The Morgan fingerprint density at radius 1 is 1.12 bits per heavy atom. The topological polar surface area (TPSA) is 88.4 Å². The molecule has 2 aromatic carbocycles. The van der Waals surface area contributed by atoms with Crippen LogP contribution in [-0.2, 0) is 4.79 Å². The third kappa shape index (κ3) is 5.21. The van der Waals surface area contributed by atoms with Gasteiger partial charge in [-0.05, 0) is 59.0 Å². The quantitative estimate of drug-likeness (QED) is 0.351. The van der Waals surface area contributed by atoms with Crippen LogP contribution < -0.4 is 15.0 Å². The molecule has 2 aliphatic rings. The molecule has 0 aliphatic carbocycles. The van der Waals surface area contributed by atoms with Crippen LogP contribution in [0.15, 0.2) is 36.5 Å². The fourth-order valence-corrected chi connectivity index (χ4v) is 5.42. The Labute approximate surface area is 231 Å². The lowest BCUT2D eigenvalue weighted by Gasteiger charge is -2.44. The van der Waals surface area contributed by atoms with Gasteiger partial charge in [-0.25, -0.2) is 23.7 Å². The van der Waals surface area contributed by atoms with Crippen molar-refractivity contribution in [3.8, 4) is 17.0 Å². The first-order valence-electron chi connectivity index (χ1n) is 13.3. The van der Waals surface area contributed by atoms with Gasteiger partial charge in [-0.3, -0.25) is 0 Å². The molecule has 2 aliphatic heterocycles. The molecule has 0 radical (unpaired) electrons. The van der Waals surface area contributed by atoms with Gasteiger partial charge in [0.25, 0.3) is 0 Å². The molecule has 11 heteroatoms. The molecule has 40 heavy (non-hydrogen) atoms. The van der Waals surface area contributed by atoms with E-state index >= 15 is 0 Å². The zero-order valence-electron chi connectivity index (χ0n) is 23.3. The Kier molecular flexibility index (Phi) is 7.66. The van der Waals surface area contributed by atoms with E-state index in [0.29, 0.717) is 29.6 Å². The first-order valence-corrected chi connectivity index (χ1v) is 13.3. The fraction of sp³-hybridized carbons (Fsp3) is 0.379. The minimum Gasteiger partial charge on any atom is -0.489 e. The standard InChI is InChI=1S/C27H29F2N7O.C2H4O/c1-15(2)36-16(3)31-26-20(28)9-17(10-23(26)36)25-21(29)12-30-27(33-25)32-18-5-6-22-24(11-18)37-14-19-13-34(4)7-8-35(19)22;1-2-3/h5-6,9-12,15,19H,7-8,13-14H2,1-4H3,(H,30,32,33);2H,1H3. The third-order valence-corrected chi connectivity index (χ3v) is 7.10. The van der Waals surface area contributed by atoms with Crippen LogP contribution in [-0.4, -0.2) is 70.0 Å². The number of aldehydes is 1.